The zero-order valence-corrected chi connectivity index (χ0v) is 13.5. The van der Waals surface area contributed by atoms with Crippen molar-refractivity contribution in [1.82, 2.24) is 0 Å². The van der Waals surface area contributed by atoms with Gasteiger partial charge in [0.15, 0.2) is 0 Å². The summed E-state index contributed by atoms with van der Waals surface area (Å²) in [5.41, 5.74) is 0.295. The molecule has 0 aromatic heterocycles. The second kappa shape index (κ2) is 7.48. The predicted molar refractivity (Wildman–Crippen MR) is 90.3 cm³/mol. The molecule has 128 valence electrons. The van der Waals surface area contributed by atoms with Crippen molar-refractivity contribution in [2.45, 2.75) is 4.90 Å². The van der Waals surface area contributed by atoms with Gasteiger partial charge < -0.3 is 15.7 Å². The van der Waals surface area contributed by atoms with Gasteiger partial charge in [0.2, 0.25) is 0 Å². The first-order chi connectivity index (χ1) is 11.8. The first-order valence-electron chi connectivity index (χ1n) is 6.85. The van der Waals surface area contributed by atoms with Crippen LogP contribution < -0.4 is 10.6 Å². The zero-order chi connectivity index (χ0) is 18.4. The van der Waals surface area contributed by atoms with Crippen molar-refractivity contribution in [3.05, 3.63) is 60.3 Å². The van der Waals surface area contributed by atoms with Crippen LogP contribution in [0.5, 0.6) is 5.75 Å². The summed E-state index contributed by atoms with van der Waals surface area (Å²) >= 11 is 0. The molecule has 0 atom stereocenters. The molecule has 0 radical (unpaired) electrons. The number of aromatic hydroxyl groups is 1. The van der Waals surface area contributed by atoms with Gasteiger partial charge in [-0.1, -0.05) is 12.1 Å². The molecule has 8 nitrogen and oxygen atoms in total. The van der Waals surface area contributed by atoms with Crippen molar-refractivity contribution in [2.24, 2.45) is 0 Å². The Hall–Kier alpha value is -3.35. The van der Waals surface area contributed by atoms with Crippen molar-refractivity contribution in [2.75, 3.05) is 10.6 Å². The predicted octanol–water partition coefficient (Wildman–Crippen LogP) is 2.10. The molecule has 9 heteroatoms. The number of anilines is 2. The Balaban J connectivity index is 2.11. The maximum absolute atomic E-state index is 12.0. The van der Waals surface area contributed by atoms with Crippen LogP contribution in [0.1, 0.15) is 0 Å². The number of nitrogens with one attached hydrogen (secondary N) is 2. The van der Waals surface area contributed by atoms with Crippen LogP contribution in [0, 0.1) is 11.3 Å². The molecule has 0 heterocycles. The second-order valence-electron chi connectivity index (χ2n) is 4.78. The van der Waals surface area contributed by atoms with E-state index >= 15 is 0 Å². The van der Waals surface area contributed by atoms with Gasteiger partial charge in [0.05, 0.1) is 10.6 Å². The number of phenolic OH excluding ortho intramolecular Hbond substituents is 1. The number of hydrogen-bond acceptors (Lipinski definition) is 6. The lowest BCUT2D eigenvalue weighted by Crippen LogP contribution is -2.14. The third-order valence-electron chi connectivity index (χ3n) is 3.05. The highest BCUT2D eigenvalue weighted by molar-refractivity contribution is 7.85. The molecular weight excluding hydrogens is 346 g/mol. The number of hydrogen-bond donors (Lipinski definition) is 4. The SMILES string of the molecule is N#C/C(=C/Nc1ccc(S(=O)(=O)O)cc1)C(=O)Nc1ccccc1O. The number of nitriles is 1. The molecule has 0 saturated heterocycles. The summed E-state index contributed by atoms with van der Waals surface area (Å²) in [4.78, 5) is 11.8. The number of para-hydroxylation sites is 2. The van der Waals surface area contributed by atoms with E-state index in [4.69, 9.17) is 9.81 Å². The molecular formula is C16H13N3O5S. The number of phenols is 1. The van der Waals surface area contributed by atoms with E-state index in [1.807, 2.05) is 0 Å². The molecule has 2 aromatic rings. The quantitative estimate of drug-likeness (QED) is 0.277. The minimum atomic E-state index is -4.29. The molecule has 0 aliphatic carbocycles. The fourth-order valence-corrected chi connectivity index (χ4v) is 2.28. The van der Waals surface area contributed by atoms with Crippen LogP contribution in [0.3, 0.4) is 0 Å². The van der Waals surface area contributed by atoms with Gasteiger partial charge in [-0.25, -0.2) is 0 Å². The standard InChI is InChI=1S/C16H13N3O5S/c17-9-11(16(21)19-14-3-1-2-4-15(14)20)10-18-12-5-7-13(8-6-12)25(22,23)24/h1-8,10,18,20H,(H,19,21)(H,22,23,24)/b11-10-. The number of carbonyl (C=O) groups is 1. The Morgan fingerprint density at radius 2 is 1.76 bits per heavy atom. The molecule has 0 aliphatic heterocycles. The number of rotatable bonds is 5. The molecule has 0 aliphatic rings. The van der Waals surface area contributed by atoms with Crippen molar-refractivity contribution in [1.29, 1.82) is 5.26 Å². The van der Waals surface area contributed by atoms with E-state index in [0.717, 1.165) is 6.20 Å². The van der Waals surface area contributed by atoms with Crippen molar-refractivity contribution >= 4 is 27.4 Å². The first kappa shape index (κ1) is 18.0. The molecule has 0 saturated carbocycles. The number of benzene rings is 2. The average molecular weight is 359 g/mol. The van der Waals surface area contributed by atoms with Crippen molar-refractivity contribution in [3.63, 3.8) is 0 Å². The monoisotopic (exact) mass is 359 g/mol. The third-order valence-corrected chi connectivity index (χ3v) is 3.92. The first-order valence-corrected chi connectivity index (χ1v) is 8.29. The summed E-state index contributed by atoms with van der Waals surface area (Å²) in [6, 6.07) is 12.8. The fourth-order valence-electron chi connectivity index (χ4n) is 1.80. The van der Waals surface area contributed by atoms with E-state index in [1.54, 1.807) is 18.2 Å². The molecule has 0 fully saturated rings. The summed E-state index contributed by atoms with van der Waals surface area (Å²) in [5, 5.41) is 23.8. The lowest BCUT2D eigenvalue weighted by molar-refractivity contribution is -0.112. The molecule has 1 amide bonds. The highest BCUT2D eigenvalue weighted by Gasteiger charge is 2.12. The van der Waals surface area contributed by atoms with Gasteiger partial charge in [-0.05, 0) is 36.4 Å². The summed E-state index contributed by atoms with van der Waals surface area (Å²) in [7, 11) is -4.29. The van der Waals surface area contributed by atoms with Crippen LogP contribution in [-0.2, 0) is 14.9 Å². The summed E-state index contributed by atoms with van der Waals surface area (Å²) < 4.78 is 30.8. The molecule has 0 unspecified atom stereocenters. The molecule has 4 N–H and O–H groups in total. The Morgan fingerprint density at radius 3 is 2.32 bits per heavy atom. The summed E-state index contributed by atoms with van der Waals surface area (Å²) in [6.45, 7) is 0. The van der Waals surface area contributed by atoms with Gasteiger partial charge >= 0.3 is 0 Å². The Bertz CT molecular complexity index is 960. The molecule has 0 bridgehead atoms. The van der Waals surface area contributed by atoms with Crippen LogP contribution in [0.2, 0.25) is 0 Å². The minimum absolute atomic E-state index is 0.137. The lowest BCUT2D eigenvalue weighted by atomic mass is 10.2. The van der Waals surface area contributed by atoms with E-state index in [-0.39, 0.29) is 21.9 Å². The summed E-state index contributed by atoms with van der Waals surface area (Å²) in [6.07, 6.45) is 1.14. The van der Waals surface area contributed by atoms with Crippen molar-refractivity contribution in [3.8, 4) is 11.8 Å². The van der Waals surface area contributed by atoms with E-state index in [2.05, 4.69) is 10.6 Å². The van der Waals surface area contributed by atoms with E-state index in [0.29, 0.717) is 5.69 Å². The Kier molecular flexibility index (Phi) is 5.38. The maximum atomic E-state index is 12.0. The van der Waals surface area contributed by atoms with Gasteiger partial charge in [-0.15, -0.1) is 0 Å². The normalized spacial score (nSPS) is 11.4. The Labute approximate surface area is 143 Å². The number of carbonyl (C=O) groups excluding carboxylic acids is 1. The Morgan fingerprint density at radius 1 is 1.12 bits per heavy atom. The fraction of sp³-hybridized carbons (Fsp3) is 0. The summed E-state index contributed by atoms with van der Waals surface area (Å²) in [5.74, 6) is -0.868. The van der Waals surface area contributed by atoms with Crippen LogP contribution in [0.15, 0.2) is 65.2 Å². The highest BCUT2D eigenvalue weighted by atomic mass is 32.2. The van der Waals surface area contributed by atoms with Crippen molar-refractivity contribution < 1.29 is 22.9 Å². The largest absolute Gasteiger partial charge is 0.506 e. The lowest BCUT2D eigenvalue weighted by Gasteiger charge is -2.07. The van der Waals surface area contributed by atoms with Crippen LogP contribution in [-0.4, -0.2) is 24.0 Å². The maximum Gasteiger partial charge on any atom is 0.294 e. The number of amides is 1. The smallest absolute Gasteiger partial charge is 0.294 e. The second-order valence-corrected chi connectivity index (χ2v) is 6.21. The average Bonchev–Trinajstić information content (AvgIpc) is 2.57. The van der Waals surface area contributed by atoms with Crippen LogP contribution in [0.4, 0.5) is 11.4 Å². The van der Waals surface area contributed by atoms with Gasteiger partial charge in [-0.3, -0.25) is 9.35 Å². The van der Waals surface area contributed by atoms with Gasteiger partial charge in [0.25, 0.3) is 16.0 Å². The highest BCUT2D eigenvalue weighted by Crippen LogP contribution is 2.22. The molecule has 2 aromatic carbocycles. The molecule has 0 spiro atoms. The topological polar surface area (TPSA) is 140 Å². The third kappa shape index (κ3) is 4.81. The van der Waals surface area contributed by atoms with E-state index < -0.39 is 16.0 Å². The van der Waals surface area contributed by atoms with Gasteiger partial charge in [-0.2, -0.15) is 13.7 Å². The van der Waals surface area contributed by atoms with Crippen LogP contribution in [0.25, 0.3) is 0 Å². The molecule has 2 rings (SSSR count). The van der Waals surface area contributed by atoms with Crippen LogP contribution >= 0.6 is 0 Å². The van der Waals surface area contributed by atoms with Gasteiger partial charge in [0, 0.05) is 11.9 Å². The minimum Gasteiger partial charge on any atom is -0.506 e. The zero-order valence-electron chi connectivity index (χ0n) is 12.7. The number of nitrogens with zero attached hydrogens (tertiary/aromatic N) is 1. The van der Waals surface area contributed by atoms with E-state index in [9.17, 15) is 18.3 Å². The van der Waals surface area contributed by atoms with Gasteiger partial charge in [0.1, 0.15) is 17.4 Å². The molecule has 25 heavy (non-hydrogen) atoms. The van der Waals surface area contributed by atoms with E-state index in [1.165, 1.54) is 36.4 Å².